The first-order chi connectivity index (χ1) is 8.15. The molecule has 3 N–H and O–H groups in total. The minimum Gasteiger partial charge on any atom is -0.508 e. The van der Waals surface area contributed by atoms with Crippen molar-refractivity contribution in [3.8, 4) is 5.75 Å². The molecule has 0 spiro atoms. The molecule has 1 unspecified atom stereocenters. The first kappa shape index (κ1) is 10.2. The maximum atomic E-state index is 11.0. The summed E-state index contributed by atoms with van der Waals surface area (Å²) in [5.74, 6) is -0.763. The van der Waals surface area contributed by atoms with Gasteiger partial charge in [-0.1, -0.05) is 0 Å². The third-order valence-electron chi connectivity index (χ3n) is 3.52. The number of carbonyl (C=O) groups is 1. The Morgan fingerprint density at radius 2 is 2.24 bits per heavy atom. The number of aliphatic carboxylic acids is 1. The average molecular weight is 231 g/mol. The van der Waals surface area contributed by atoms with Gasteiger partial charge >= 0.3 is 5.97 Å². The van der Waals surface area contributed by atoms with Gasteiger partial charge in [-0.2, -0.15) is 0 Å². The molecule has 4 nitrogen and oxygen atoms in total. The molecule has 1 aliphatic rings. The number of fused-ring (bicyclic) bond motifs is 3. The lowest BCUT2D eigenvalue weighted by Gasteiger charge is -2.18. The SMILES string of the molecule is O=C(O)C1CCc2c([nH]c3ccc(O)cc23)C1. The van der Waals surface area contributed by atoms with Gasteiger partial charge in [0.15, 0.2) is 0 Å². The summed E-state index contributed by atoms with van der Waals surface area (Å²) in [4.78, 5) is 14.2. The number of carboxylic acid groups (broad SMARTS) is 1. The maximum absolute atomic E-state index is 11.0. The lowest BCUT2D eigenvalue weighted by molar-refractivity contribution is -0.142. The number of aromatic hydroxyl groups is 1. The molecule has 0 aliphatic heterocycles. The Labute approximate surface area is 97.9 Å². The monoisotopic (exact) mass is 231 g/mol. The zero-order valence-electron chi connectivity index (χ0n) is 9.23. The topological polar surface area (TPSA) is 73.3 Å². The average Bonchev–Trinajstić information content (AvgIpc) is 2.66. The van der Waals surface area contributed by atoms with Crippen molar-refractivity contribution in [1.82, 2.24) is 4.98 Å². The summed E-state index contributed by atoms with van der Waals surface area (Å²) >= 11 is 0. The molecule has 2 aromatic rings. The molecular formula is C13H13NO3. The standard InChI is InChI=1S/C13H13NO3/c15-8-2-4-11-10(6-8)9-3-1-7(13(16)17)5-12(9)14-11/h2,4,6-7,14-15H,1,3,5H2,(H,16,17). The third kappa shape index (κ3) is 1.56. The Hall–Kier alpha value is -1.97. The minimum atomic E-state index is -0.725. The molecule has 3 rings (SSSR count). The number of carboxylic acids is 1. The van der Waals surface area contributed by atoms with Crippen LogP contribution in [0, 0.1) is 5.92 Å². The fraction of sp³-hybridized carbons (Fsp3) is 0.308. The molecule has 4 heteroatoms. The largest absolute Gasteiger partial charge is 0.508 e. The molecular weight excluding hydrogens is 218 g/mol. The number of phenolic OH excluding ortho intramolecular Hbond substituents is 1. The van der Waals surface area contributed by atoms with Gasteiger partial charge < -0.3 is 15.2 Å². The van der Waals surface area contributed by atoms with Gasteiger partial charge in [0, 0.05) is 23.0 Å². The van der Waals surface area contributed by atoms with Gasteiger partial charge in [0.2, 0.25) is 0 Å². The second-order valence-electron chi connectivity index (χ2n) is 4.59. The molecule has 0 radical (unpaired) electrons. The van der Waals surface area contributed by atoms with Crippen LogP contribution in [0.5, 0.6) is 5.75 Å². The van der Waals surface area contributed by atoms with E-state index in [0.29, 0.717) is 12.8 Å². The van der Waals surface area contributed by atoms with Crippen LogP contribution in [-0.4, -0.2) is 21.2 Å². The van der Waals surface area contributed by atoms with Crippen molar-refractivity contribution in [2.24, 2.45) is 5.92 Å². The molecule has 0 bridgehead atoms. The predicted octanol–water partition coefficient (Wildman–Crippen LogP) is 2.06. The highest BCUT2D eigenvalue weighted by Gasteiger charge is 2.26. The van der Waals surface area contributed by atoms with Crippen molar-refractivity contribution in [2.45, 2.75) is 19.3 Å². The van der Waals surface area contributed by atoms with Crippen LogP contribution >= 0.6 is 0 Å². The second kappa shape index (κ2) is 3.52. The molecule has 0 saturated carbocycles. The summed E-state index contributed by atoms with van der Waals surface area (Å²) in [6.45, 7) is 0. The van der Waals surface area contributed by atoms with Crippen LogP contribution in [0.15, 0.2) is 18.2 Å². The molecule has 1 aromatic carbocycles. The van der Waals surface area contributed by atoms with Crippen LogP contribution in [0.25, 0.3) is 10.9 Å². The zero-order valence-corrected chi connectivity index (χ0v) is 9.23. The number of aromatic amines is 1. The molecule has 88 valence electrons. The van der Waals surface area contributed by atoms with Crippen molar-refractivity contribution in [3.63, 3.8) is 0 Å². The van der Waals surface area contributed by atoms with Crippen molar-refractivity contribution in [1.29, 1.82) is 0 Å². The van der Waals surface area contributed by atoms with Crippen LogP contribution in [0.2, 0.25) is 0 Å². The van der Waals surface area contributed by atoms with Crippen LogP contribution in [0.1, 0.15) is 17.7 Å². The van der Waals surface area contributed by atoms with E-state index in [-0.39, 0.29) is 11.7 Å². The van der Waals surface area contributed by atoms with Crippen LogP contribution in [0.3, 0.4) is 0 Å². The van der Waals surface area contributed by atoms with Gasteiger partial charge in [-0.15, -0.1) is 0 Å². The van der Waals surface area contributed by atoms with E-state index < -0.39 is 5.97 Å². The van der Waals surface area contributed by atoms with E-state index in [9.17, 15) is 9.90 Å². The van der Waals surface area contributed by atoms with E-state index in [1.54, 1.807) is 12.1 Å². The highest BCUT2D eigenvalue weighted by atomic mass is 16.4. The number of hydrogen-bond acceptors (Lipinski definition) is 2. The van der Waals surface area contributed by atoms with Gasteiger partial charge in [0.1, 0.15) is 5.75 Å². The number of hydrogen-bond donors (Lipinski definition) is 3. The number of nitrogens with one attached hydrogen (secondary N) is 1. The normalized spacial score (nSPS) is 19.2. The highest BCUT2D eigenvalue weighted by molar-refractivity contribution is 5.86. The van der Waals surface area contributed by atoms with E-state index in [0.717, 1.165) is 28.6 Å². The lowest BCUT2D eigenvalue weighted by atomic mass is 9.87. The number of phenols is 1. The van der Waals surface area contributed by atoms with Gasteiger partial charge in [-0.3, -0.25) is 4.79 Å². The van der Waals surface area contributed by atoms with E-state index in [2.05, 4.69) is 4.98 Å². The summed E-state index contributed by atoms with van der Waals surface area (Å²) in [5.41, 5.74) is 3.14. The minimum absolute atomic E-state index is 0.250. The first-order valence-electron chi connectivity index (χ1n) is 5.70. The fourth-order valence-electron chi connectivity index (χ4n) is 2.63. The molecule has 17 heavy (non-hydrogen) atoms. The van der Waals surface area contributed by atoms with Gasteiger partial charge in [-0.05, 0) is 36.6 Å². The van der Waals surface area contributed by atoms with E-state index >= 15 is 0 Å². The molecule has 1 heterocycles. The third-order valence-corrected chi connectivity index (χ3v) is 3.52. The predicted molar refractivity (Wildman–Crippen MR) is 63.1 cm³/mol. The first-order valence-corrected chi connectivity index (χ1v) is 5.70. The number of aryl methyl sites for hydroxylation is 1. The smallest absolute Gasteiger partial charge is 0.306 e. The summed E-state index contributed by atoms with van der Waals surface area (Å²) in [6.07, 6.45) is 1.99. The number of rotatable bonds is 1. The van der Waals surface area contributed by atoms with Crippen molar-refractivity contribution in [2.75, 3.05) is 0 Å². The summed E-state index contributed by atoms with van der Waals surface area (Å²) in [7, 11) is 0. The van der Waals surface area contributed by atoms with Crippen LogP contribution in [-0.2, 0) is 17.6 Å². The van der Waals surface area contributed by atoms with Crippen molar-refractivity contribution in [3.05, 3.63) is 29.5 Å². The van der Waals surface area contributed by atoms with Crippen LogP contribution < -0.4 is 0 Å². The van der Waals surface area contributed by atoms with Crippen molar-refractivity contribution >= 4 is 16.9 Å². The Bertz CT molecular complexity index is 600. The number of aromatic nitrogens is 1. The summed E-state index contributed by atoms with van der Waals surface area (Å²) in [5, 5.41) is 19.5. The Morgan fingerprint density at radius 3 is 3.00 bits per heavy atom. The highest BCUT2D eigenvalue weighted by Crippen LogP contribution is 2.33. The number of benzene rings is 1. The Kier molecular flexibility index (Phi) is 2.11. The molecule has 0 saturated heterocycles. The maximum Gasteiger partial charge on any atom is 0.306 e. The van der Waals surface area contributed by atoms with E-state index in [1.165, 1.54) is 0 Å². The number of H-pyrrole nitrogens is 1. The molecule has 1 atom stereocenters. The lowest BCUT2D eigenvalue weighted by Crippen LogP contribution is -2.21. The Balaban J connectivity index is 2.10. The molecule has 0 fully saturated rings. The van der Waals surface area contributed by atoms with E-state index in [1.807, 2.05) is 6.07 Å². The molecule has 0 amide bonds. The molecule has 1 aliphatic carbocycles. The summed E-state index contributed by atoms with van der Waals surface area (Å²) < 4.78 is 0. The second-order valence-corrected chi connectivity index (χ2v) is 4.59. The summed E-state index contributed by atoms with van der Waals surface area (Å²) in [6, 6.07) is 5.21. The quantitative estimate of drug-likeness (QED) is 0.703. The van der Waals surface area contributed by atoms with Gasteiger partial charge in [0.05, 0.1) is 5.92 Å². The molecule has 1 aromatic heterocycles. The Morgan fingerprint density at radius 1 is 1.41 bits per heavy atom. The van der Waals surface area contributed by atoms with Gasteiger partial charge in [-0.25, -0.2) is 0 Å². The zero-order chi connectivity index (χ0) is 12.0. The van der Waals surface area contributed by atoms with E-state index in [4.69, 9.17) is 5.11 Å². The fourth-order valence-corrected chi connectivity index (χ4v) is 2.63. The van der Waals surface area contributed by atoms with Crippen molar-refractivity contribution < 1.29 is 15.0 Å². The van der Waals surface area contributed by atoms with Gasteiger partial charge in [0.25, 0.3) is 0 Å². The van der Waals surface area contributed by atoms with Crippen LogP contribution in [0.4, 0.5) is 0 Å².